The minimum atomic E-state index is -0.434. The first kappa shape index (κ1) is 13.0. The Kier molecular flexibility index (Phi) is 5.29. The number of nitrogens with zero attached hydrogens (tertiary/aromatic N) is 1. The number of nitrogens with two attached hydrogens (primary N) is 1. The molecule has 0 saturated carbocycles. The van der Waals surface area contributed by atoms with Crippen molar-refractivity contribution in [2.45, 2.75) is 26.4 Å². The molecule has 1 rings (SSSR count). The molecule has 1 aromatic rings. The highest BCUT2D eigenvalue weighted by molar-refractivity contribution is 5.47. The molecule has 0 radical (unpaired) electrons. The Hall–Kier alpha value is -1.06. The van der Waals surface area contributed by atoms with Crippen molar-refractivity contribution < 1.29 is 5.11 Å². The summed E-state index contributed by atoms with van der Waals surface area (Å²) in [5, 5.41) is 9.77. The summed E-state index contributed by atoms with van der Waals surface area (Å²) in [5.41, 5.74) is 7.57. The maximum absolute atomic E-state index is 9.77. The van der Waals surface area contributed by atoms with E-state index in [9.17, 15) is 5.11 Å². The maximum Gasteiger partial charge on any atom is 0.0802 e. The number of aliphatic hydroxyl groups is 1. The Labute approximate surface area is 97.9 Å². The molecule has 3 nitrogen and oxygen atoms in total. The van der Waals surface area contributed by atoms with E-state index in [1.54, 1.807) is 0 Å². The van der Waals surface area contributed by atoms with E-state index in [1.807, 2.05) is 12.1 Å². The first-order valence-corrected chi connectivity index (χ1v) is 5.96. The molecule has 0 aromatic heterocycles. The number of hydrogen-bond donors (Lipinski definition) is 2. The Morgan fingerprint density at radius 2 is 1.75 bits per heavy atom. The van der Waals surface area contributed by atoms with Crippen molar-refractivity contribution in [2.24, 2.45) is 5.73 Å². The van der Waals surface area contributed by atoms with Crippen molar-refractivity contribution in [2.75, 3.05) is 24.5 Å². The molecule has 0 unspecified atom stereocenters. The van der Waals surface area contributed by atoms with Gasteiger partial charge in [-0.25, -0.2) is 0 Å². The van der Waals surface area contributed by atoms with Crippen LogP contribution in [0.3, 0.4) is 0 Å². The molecule has 1 atom stereocenters. The maximum atomic E-state index is 9.77. The smallest absolute Gasteiger partial charge is 0.0802 e. The van der Waals surface area contributed by atoms with Gasteiger partial charge in [-0.15, -0.1) is 0 Å². The van der Waals surface area contributed by atoms with Gasteiger partial charge < -0.3 is 15.7 Å². The van der Waals surface area contributed by atoms with Crippen LogP contribution >= 0.6 is 0 Å². The SMILES string of the molecule is CCN(CC)c1ccc([C@H](O)CCN)cc1. The normalized spacial score (nSPS) is 12.5. The van der Waals surface area contributed by atoms with Crippen LogP contribution in [0.25, 0.3) is 0 Å². The summed E-state index contributed by atoms with van der Waals surface area (Å²) in [4.78, 5) is 2.28. The van der Waals surface area contributed by atoms with Gasteiger partial charge in [-0.05, 0) is 44.5 Å². The monoisotopic (exact) mass is 222 g/mol. The van der Waals surface area contributed by atoms with Crippen molar-refractivity contribution in [1.29, 1.82) is 0 Å². The van der Waals surface area contributed by atoms with Gasteiger partial charge in [0.25, 0.3) is 0 Å². The molecular formula is C13H22N2O. The summed E-state index contributed by atoms with van der Waals surface area (Å²) in [6.07, 6.45) is 0.181. The van der Waals surface area contributed by atoms with Crippen LogP contribution in [-0.4, -0.2) is 24.7 Å². The van der Waals surface area contributed by atoms with Crippen LogP contribution in [0.1, 0.15) is 31.9 Å². The average Bonchev–Trinajstić information content (AvgIpc) is 2.32. The quantitative estimate of drug-likeness (QED) is 0.773. The zero-order valence-electron chi connectivity index (χ0n) is 10.2. The highest BCUT2D eigenvalue weighted by atomic mass is 16.3. The number of hydrogen-bond acceptors (Lipinski definition) is 3. The summed E-state index contributed by atoms with van der Waals surface area (Å²) >= 11 is 0. The van der Waals surface area contributed by atoms with Crippen LogP contribution in [0.2, 0.25) is 0 Å². The topological polar surface area (TPSA) is 49.5 Å². The van der Waals surface area contributed by atoms with E-state index in [2.05, 4.69) is 30.9 Å². The molecule has 16 heavy (non-hydrogen) atoms. The molecule has 0 bridgehead atoms. The molecular weight excluding hydrogens is 200 g/mol. The average molecular weight is 222 g/mol. The van der Waals surface area contributed by atoms with E-state index in [0.29, 0.717) is 13.0 Å². The van der Waals surface area contributed by atoms with Gasteiger partial charge in [0.05, 0.1) is 6.10 Å². The van der Waals surface area contributed by atoms with Gasteiger partial charge in [0.15, 0.2) is 0 Å². The predicted molar refractivity (Wildman–Crippen MR) is 68.6 cm³/mol. The fourth-order valence-electron chi connectivity index (χ4n) is 1.82. The van der Waals surface area contributed by atoms with Gasteiger partial charge in [-0.2, -0.15) is 0 Å². The summed E-state index contributed by atoms with van der Waals surface area (Å²) < 4.78 is 0. The lowest BCUT2D eigenvalue weighted by molar-refractivity contribution is 0.170. The van der Waals surface area contributed by atoms with E-state index in [1.165, 1.54) is 5.69 Å². The third-order valence-electron chi connectivity index (χ3n) is 2.85. The lowest BCUT2D eigenvalue weighted by atomic mass is 10.1. The van der Waals surface area contributed by atoms with Crippen molar-refractivity contribution in [3.05, 3.63) is 29.8 Å². The molecule has 1 aromatic carbocycles. The first-order chi connectivity index (χ1) is 7.72. The highest BCUT2D eigenvalue weighted by Gasteiger charge is 2.07. The fraction of sp³-hybridized carbons (Fsp3) is 0.538. The first-order valence-electron chi connectivity index (χ1n) is 5.96. The summed E-state index contributed by atoms with van der Waals surface area (Å²) in [5.74, 6) is 0. The lowest BCUT2D eigenvalue weighted by Gasteiger charge is -2.21. The molecule has 0 spiro atoms. The predicted octanol–water partition coefficient (Wildman–Crippen LogP) is 1.92. The van der Waals surface area contributed by atoms with Crippen LogP contribution in [-0.2, 0) is 0 Å². The Morgan fingerprint density at radius 3 is 2.19 bits per heavy atom. The Balaban J connectivity index is 2.74. The zero-order valence-corrected chi connectivity index (χ0v) is 10.2. The summed E-state index contributed by atoms with van der Waals surface area (Å²) in [6, 6.07) is 8.08. The lowest BCUT2D eigenvalue weighted by Crippen LogP contribution is -2.21. The molecule has 3 heteroatoms. The largest absolute Gasteiger partial charge is 0.388 e. The fourth-order valence-corrected chi connectivity index (χ4v) is 1.82. The highest BCUT2D eigenvalue weighted by Crippen LogP contribution is 2.20. The minimum absolute atomic E-state index is 0.434. The van der Waals surface area contributed by atoms with Crippen molar-refractivity contribution in [3.63, 3.8) is 0 Å². The van der Waals surface area contributed by atoms with Gasteiger partial charge in [0, 0.05) is 18.8 Å². The Bertz CT molecular complexity index is 293. The van der Waals surface area contributed by atoms with Crippen LogP contribution in [0, 0.1) is 0 Å². The van der Waals surface area contributed by atoms with Crippen molar-refractivity contribution in [3.8, 4) is 0 Å². The van der Waals surface area contributed by atoms with Gasteiger partial charge in [0.1, 0.15) is 0 Å². The molecule has 0 heterocycles. The van der Waals surface area contributed by atoms with E-state index >= 15 is 0 Å². The molecule has 90 valence electrons. The van der Waals surface area contributed by atoms with Crippen molar-refractivity contribution in [1.82, 2.24) is 0 Å². The van der Waals surface area contributed by atoms with E-state index in [-0.39, 0.29) is 0 Å². The molecule has 0 fully saturated rings. The number of anilines is 1. The van der Waals surface area contributed by atoms with Crippen LogP contribution in [0.5, 0.6) is 0 Å². The third-order valence-corrected chi connectivity index (χ3v) is 2.85. The molecule has 0 aliphatic carbocycles. The van der Waals surface area contributed by atoms with E-state index < -0.39 is 6.10 Å². The second-order valence-electron chi connectivity index (χ2n) is 3.86. The molecule has 0 amide bonds. The van der Waals surface area contributed by atoms with E-state index in [4.69, 9.17) is 5.73 Å². The zero-order chi connectivity index (χ0) is 12.0. The van der Waals surface area contributed by atoms with Crippen LogP contribution in [0.15, 0.2) is 24.3 Å². The van der Waals surface area contributed by atoms with Gasteiger partial charge >= 0.3 is 0 Å². The van der Waals surface area contributed by atoms with Crippen molar-refractivity contribution >= 4 is 5.69 Å². The summed E-state index contributed by atoms with van der Waals surface area (Å²) in [6.45, 7) is 6.79. The standard InChI is InChI=1S/C13H22N2O/c1-3-15(4-2)12-7-5-11(6-8-12)13(16)9-10-14/h5-8,13,16H,3-4,9-10,14H2,1-2H3/t13-/m1/s1. The number of rotatable bonds is 6. The minimum Gasteiger partial charge on any atom is -0.388 e. The second kappa shape index (κ2) is 6.51. The van der Waals surface area contributed by atoms with Crippen LogP contribution in [0.4, 0.5) is 5.69 Å². The van der Waals surface area contributed by atoms with Gasteiger partial charge in [-0.1, -0.05) is 12.1 Å². The third kappa shape index (κ3) is 3.22. The van der Waals surface area contributed by atoms with Gasteiger partial charge in [0.2, 0.25) is 0 Å². The molecule has 0 aliphatic rings. The Morgan fingerprint density at radius 1 is 1.19 bits per heavy atom. The summed E-state index contributed by atoms with van der Waals surface area (Å²) in [7, 11) is 0. The number of benzene rings is 1. The molecule has 0 saturated heterocycles. The second-order valence-corrected chi connectivity index (χ2v) is 3.86. The molecule has 0 aliphatic heterocycles. The van der Waals surface area contributed by atoms with Gasteiger partial charge in [-0.3, -0.25) is 0 Å². The van der Waals surface area contributed by atoms with E-state index in [0.717, 1.165) is 18.7 Å². The van der Waals surface area contributed by atoms with Crippen LogP contribution < -0.4 is 10.6 Å². The molecule has 3 N–H and O–H groups in total. The number of aliphatic hydroxyl groups excluding tert-OH is 1.